The maximum absolute atomic E-state index is 10.7. The molecule has 0 amide bonds. The molecule has 0 aromatic carbocycles. The third-order valence-electron chi connectivity index (χ3n) is 1.03. The van der Waals surface area contributed by atoms with Gasteiger partial charge in [-0.05, 0) is 16.4 Å². The largest absolute Gasteiger partial charge is 0.593 e. The quantitative estimate of drug-likeness (QED) is 0.496. The summed E-state index contributed by atoms with van der Waals surface area (Å²) >= 11 is 10.9. The second-order valence-corrected chi connectivity index (χ2v) is 2.44. The minimum atomic E-state index is -0.128. The van der Waals surface area contributed by atoms with Crippen molar-refractivity contribution in [1.29, 1.82) is 0 Å². The predicted molar refractivity (Wildman–Crippen MR) is 39.8 cm³/mol. The third kappa shape index (κ3) is 1.64. The molecule has 0 saturated carbocycles. The van der Waals surface area contributed by atoms with E-state index >= 15 is 0 Å². The van der Waals surface area contributed by atoms with Gasteiger partial charge in [-0.3, -0.25) is 0 Å². The Labute approximate surface area is 72.9 Å². The summed E-state index contributed by atoms with van der Waals surface area (Å²) in [6, 6.07) is 1.36. The molecular formula is C5H4Cl2N2O2. The lowest BCUT2D eigenvalue weighted by Crippen LogP contribution is -2.32. The average Bonchev–Trinajstić information content (AvgIpc) is 1.96. The second kappa shape index (κ2) is 3.11. The molecule has 60 valence electrons. The molecule has 0 spiro atoms. The van der Waals surface area contributed by atoms with Gasteiger partial charge in [0.2, 0.25) is 10.9 Å². The Bertz CT molecular complexity index is 279. The zero-order valence-electron chi connectivity index (χ0n) is 5.54. The molecule has 0 aliphatic rings. The molecule has 1 heterocycles. The van der Waals surface area contributed by atoms with Gasteiger partial charge in [-0.25, -0.2) is 0 Å². The lowest BCUT2D eigenvalue weighted by atomic mass is 10.5. The Morgan fingerprint density at radius 1 is 1.64 bits per heavy atom. The van der Waals surface area contributed by atoms with E-state index in [4.69, 9.17) is 27.9 Å². The Hall–Kier alpha value is -0.740. The number of ether oxygens (including phenoxy) is 1. The Morgan fingerprint density at radius 3 is 2.82 bits per heavy atom. The van der Waals surface area contributed by atoms with Crippen LogP contribution in [0, 0.1) is 5.21 Å². The minimum Gasteiger partial charge on any atom is -0.593 e. The molecular weight excluding hydrogens is 191 g/mol. The van der Waals surface area contributed by atoms with Gasteiger partial charge in [0.1, 0.15) is 0 Å². The summed E-state index contributed by atoms with van der Waals surface area (Å²) in [5.41, 5.74) is 0. The number of nitrogens with zero attached hydrogens (tertiary/aromatic N) is 2. The molecule has 1 aromatic rings. The van der Waals surface area contributed by atoms with Crippen molar-refractivity contribution in [1.82, 2.24) is 5.10 Å². The molecule has 1 aromatic heterocycles. The van der Waals surface area contributed by atoms with Crippen LogP contribution in [0.25, 0.3) is 0 Å². The molecule has 11 heavy (non-hydrogen) atoms. The van der Waals surface area contributed by atoms with Crippen molar-refractivity contribution in [2.24, 2.45) is 0 Å². The zero-order chi connectivity index (χ0) is 8.43. The van der Waals surface area contributed by atoms with E-state index in [-0.39, 0.29) is 20.9 Å². The van der Waals surface area contributed by atoms with E-state index < -0.39 is 0 Å². The van der Waals surface area contributed by atoms with Crippen molar-refractivity contribution in [3.8, 4) is 5.75 Å². The van der Waals surface area contributed by atoms with E-state index in [0.717, 1.165) is 0 Å². The number of rotatable bonds is 1. The zero-order valence-corrected chi connectivity index (χ0v) is 7.06. The van der Waals surface area contributed by atoms with Gasteiger partial charge in [0.05, 0.1) is 7.11 Å². The predicted octanol–water partition coefficient (Wildman–Crippen LogP) is 1.03. The Morgan fingerprint density at radius 2 is 2.27 bits per heavy atom. The third-order valence-corrected chi connectivity index (χ3v) is 1.54. The molecule has 0 bridgehead atoms. The molecule has 0 aliphatic carbocycles. The summed E-state index contributed by atoms with van der Waals surface area (Å²) in [7, 11) is 1.39. The minimum absolute atomic E-state index is 0.0428. The highest BCUT2D eigenvalue weighted by molar-refractivity contribution is 6.31. The lowest BCUT2D eigenvalue weighted by molar-refractivity contribution is -0.667. The maximum Gasteiger partial charge on any atom is 0.355 e. The number of hydrogen-bond acceptors (Lipinski definition) is 3. The van der Waals surface area contributed by atoms with Crippen LogP contribution in [0.5, 0.6) is 5.75 Å². The smallest absolute Gasteiger partial charge is 0.355 e. The first kappa shape index (κ1) is 8.36. The van der Waals surface area contributed by atoms with E-state index in [2.05, 4.69) is 5.10 Å². The molecule has 0 aliphatic heterocycles. The van der Waals surface area contributed by atoms with E-state index in [1.165, 1.54) is 13.2 Å². The van der Waals surface area contributed by atoms with Crippen LogP contribution in [0.4, 0.5) is 0 Å². The number of methoxy groups -OCH3 is 1. The fourth-order valence-corrected chi connectivity index (χ4v) is 0.902. The van der Waals surface area contributed by atoms with Gasteiger partial charge < -0.3 is 9.94 Å². The first-order valence-electron chi connectivity index (χ1n) is 2.65. The maximum atomic E-state index is 10.7. The molecule has 1 rings (SSSR count). The van der Waals surface area contributed by atoms with E-state index in [0.29, 0.717) is 0 Å². The van der Waals surface area contributed by atoms with Crippen molar-refractivity contribution in [3.63, 3.8) is 0 Å². The average molecular weight is 195 g/mol. The normalized spacial score (nSPS) is 9.73. The first-order valence-corrected chi connectivity index (χ1v) is 3.40. The van der Waals surface area contributed by atoms with Crippen molar-refractivity contribution in [2.45, 2.75) is 0 Å². The SMILES string of the molecule is COc1cc(Cl)n[n+]([O-])c1Cl. The van der Waals surface area contributed by atoms with E-state index in [1.54, 1.807) is 0 Å². The van der Waals surface area contributed by atoms with E-state index in [1.807, 2.05) is 0 Å². The Balaban J connectivity index is 3.24. The van der Waals surface area contributed by atoms with Crippen LogP contribution in [0.3, 0.4) is 0 Å². The second-order valence-electron chi connectivity index (χ2n) is 1.70. The van der Waals surface area contributed by atoms with Gasteiger partial charge in [0, 0.05) is 11.2 Å². The van der Waals surface area contributed by atoms with Gasteiger partial charge in [0.15, 0.2) is 0 Å². The van der Waals surface area contributed by atoms with Gasteiger partial charge in [0.25, 0.3) is 0 Å². The molecule has 4 nitrogen and oxygen atoms in total. The van der Waals surface area contributed by atoms with Crippen molar-refractivity contribution >= 4 is 23.2 Å². The summed E-state index contributed by atoms with van der Waals surface area (Å²) in [6.45, 7) is 0. The molecule has 0 radical (unpaired) electrons. The van der Waals surface area contributed by atoms with Crippen LogP contribution in [0.15, 0.2) is 6.07 Å². The molecule has 0 unspecified atom stereocenters. The van der Waals surface area contributed by atoms with E-state index in [9.17, 15) is 5.21 Å². The van der Waals surface area contributed by atoms with Gasteiger partial charge in [-0.1, -0.05) is 11.6 Å². The number of hydrogen-bond donors (Lipinski definition) is 0. The number of halogens is 2. The van der Waals surface area contributed by atoms with Crippen LogP contribution in [-0.2, 0) is 0 Å². The van der Waals surface area contributed by atoms with Crippen molar-refractivity contribution in [3.05, 3.63) is 21.6 Å². The summed E-state index contributed by atoms with van der Waals surface area (Å²) in [6.07, 6.45) is 0. The molecule has 0 fully saturated rings. The summed E-state index contributed by atoms with van der Waals surface area (Å²) < 4.78 is 4.73. The molecule has 6 heteroatoms. The van der Waals surface area contributed by atoms with Crippen LogP contribution >= 0.6 is 23.2 Å². The highest BCUT2D eigenvalue weighted by Gasteiger charge is 2.13. The van der Waals surface area contributed by atoms with Gasteiger partial charge >= 0.3 is 5.15 Å². The topological polar surface area (TPSA) is 49.1 Å². The highest BCUT2D eigenvalue weighted by Crippen LogP contribution is 2.20. The lowest BCUT2D eigenvalue weighted by Gasteiger charge is -2.00. The fraction of sp³-hybridized carbons (Fsp3) is 0.200. The monoisotopic (exact) mass is 194 g/mol. The summed E-state index contributed by atoms with van der Waals surface area (Å²) in [5, 5.41) is 13.9. The standard InChI is InChI=1S/C5H4Cl2N2O2/c1-11-3-2-4(6)8-9(10)5(3)7/h2H,1H3. The van der Waals surface area contributed by atoms with Crippen molar-refractivity contribution in [2.75, 3.05) is 7.11 Å². The summed E-state index contributed by atoms with van der Waals surface area (Å²) in [5.74, 6) is 0.210. The summed E-state index contributed by atoms with van der Waals surface area (Å²) in [4.78, 5) is 0.197. The fourth-order valence-electron chi connectivity index (χ4n) is 0.565. The Kier molecular flexibility index (Phi) is 2.36. The number of aromatic nitrogens is 2. The van der Waals surface area contributed by atoms with Gasteiger partial charge in [-0.15, -0.1) is 0 Å². The van der Waals surface area contributed by atoms with Crippen LogP contribution < -0.4 is 9.58 Å². The van der Waals surface area contributed by atoms with Crippen LogP contribution in [0.1, 0.15) is 0 Å². The molecule has 0 atom stereocenters. The van der Waals surface area contributed by atoms with Crippen LogP contribution in [-0.4, -0.2) is 12.2 Å². The molecule has 0 N–H and O–H groups in total. The van der Waals surface area contributed by atoms with Crippen LogP contribution in [0.2, 0.25) is 10.3 Å². The van der Waals surface area contributed by atoms with Gasteiger partial charge in [-0.2, -0.15) is 0 Å². The molecule has 0 saturated heterocycles. The highest BCUT2D eigenvalue weighted by atomic mass is 35.5. The first-order chi connectivity index (χ1) is 5.15. The van der Waals surface area contributed by atoms with Crippen molar-refractivity contribution < 1.29 is 9.58 Å².